The van der Waals surface area contributed by atoms with Gasteiger partial charge in [-0.25, -0.2) is 9.78 Å². The van der Waals surface area contributed by atoms with E-state index in [0.29, 0.717) is 4.47 Å². The van der Waals surface area contributed by atoms with Gasteiger partial charge in [0.25, 0.3) is 0 Å². The molecule has 98 valence electrons. The molecule has 7 heteroatoms. The van der Waals surface area contributed by atoms with Gasteiger partial charge in [-0.2, -0.15) is 0 Å². The summed E-state index contributed by atoms with van der Waals surface area (Å²) in [6.07, 6.45) is 1.54. The van der Waals surface area contributed by atoms with Crippen molar-refractivity contribution in [3.05, 3.63) is 49.4 Å². The summed E-state index contributed by atoms with van der Waals surface area (Å²) in [5.74, 6) is -0.753. The van der Waals surface area contributed by atoms with Crippen molar-refractivity contribution in [1.82, 2.24) is 4.98 Å². The summed E-state index contributed by atoms with van der Waals surface area (Å²) in [5, 5.41) is 12.2. The molecule has 1 aromatic heterocycles. The van der Waals surface area contributed by atoms with E-state index in [0.717, 1.165) is 14.6 Å². The Kier molecular flexibility index (Phi) is 4.59. The second kappa shape index (κ2) is 6.02. The molecule has 1 aromatic carbocycles. The maximum atomic E-state index is 11.2. The molecule has 0 spiro atoms. The molecule has 0 saturated carbocycles. The number of nitrogens with one attached hydrogen (secondary N) is 1. The van der Waals surface area contributed by atoms with Crippen LogP contribution in [0.4, 0.5) is 11.5 Å². The fourth-order valence-electron chi connectivity index (χ4n) is 1.42. The van der Waals surface area contributed by atoms with Crippen molar-refractivity contribution in [2.24, 2.45) is 0 Å². The van der Waals surface area contributed by atoms with Crippen LogP contribution in [0.15, 0.2) is 43.9 Å². The Bertz CT molecular complexity index is 647. The molecule has 2 aromatic rings. The van der Waals surface area contributed by atoms with E-state index in [4.69, 9.17) is 0 Å². The molecule has 0 aliphatic rings. The largest absolute Gasteiger partial charge is 0.478 e. The number of rotatable bonds is 3. The second-order valence-corrected chi connectivity index (χ2v) is 6.29. The minimum atomic E-state index is -1.04. The predicted octanol–water partition coefficient (Wildman–Crippen LogP) is 4.81. The maximum absolute atomic E-state index is 11.2. The minimum Gasteiger partial charge on any atom is -0.478 e. The summed E-state index contributed by atoms with van der Waals surface area (Å²) < 4.78 is 2.31. The van der Waals surface area contributed by atoms with Crippen LogP contribution < -0.4 is 5.32 Å². The molecule has 0 atom stereocenters. The van der Waals surface area contributed by atoms with E-state index in [1.807, 2.05) is 18.2 Å². The zero-order valence-corrected chi connectivity index (χ0v) is 14.1. The van der Waals surface area contributed by atoms with Gasteiger partial charge in [0, 0.05) is 19.6 Å². The van der Waals surface area contributed by atoms with Crippen LogP contribution in [0.3, 0.4) is 0 Å². The molecular weight excluding hydrogens is 444 g/mol. The number of pyridine rings is 1. The first-order valence-corrected chi connectivity index (χ1v) is 7.46. The number of carboxylic acid groups (broad SMARTS) is 1. The highest BCUT2D eigenvalue weighted by Crippen LogP contribution is 2.30. The Morgan fingerprint density at radius 1 is 1.16 bits per heavy atom. The number of aromatic carboxylic acids is 1. The van der Waals surface area contributed by atoms with Crippen LogP contribution >= 0.6 is 47.8 Å². The lowest BCUT2D eigenvalue weighted by Crippen LogP contribution is -2.05. The van der Waals surface area contributed by atoms with Crippen molar-refractivity contribution in [2.45, 2.75) is 0 Å². The quantitative estimate of drug-likeness (QED) is 0.704. The summed E-state index contributed by atoms with van der Waals surface area (Å²) >= 11 is 9.97. The number of nitrogens with zero attached hydrogens (tertiary/aromatic N) is 1. The van der Waals surface area contributed by atoms with Crippen molar-refractivity contribution in [1.29, 1.82) is 0 Å². The van der Waals surface area contributed by atoms with Crippen LogP contribution in [0.2, 0.25) is 0 Å². The number of anilines is 2. The fraction of sp³-hybridized carbons (Fsp3) is 0. The van der Waals surface area contributed by atoms with Crippen LogP contribution in [0.5, 0.6) is 0 Å². The monoisotopic (exact) mass is 448 g/mol. The third-order valence-electron chi connectivity index (χ3n) is 2.27. The molecule has 0 radical (unpaired) electrons. The molecule has 0 aliphatic carbocycles. The highest BCUT2D eigenvalue weighted by molar-refractivity contribution is 9.11. The first-order chi connectivity index (χ1) is 8.97. The van der Waals surface area contributed by atoms with E-state index in [9.17, 15) is 9.90 Å². The Labute approximate surface area is 134 Å². The van der Waals surface area contributed by atoms with Gasteiger partial charge in [-0.05, 0) is 56.1 Å². The van der Waals surface area contributed by atoms with E-state index in [1.54, 1.807) is 6.20 Å². The molecule has 0 bridgehead atoms. The second-order valence-electron chi connectivity index (χ2n) is 3.60. The number of hydrogen-bond donors (Lipinski definition) is 2. The smallest absolute Gasteiger partial charge is 0.339 e. The van der Waals surface area contributed by atoms with Crippen LogP contribution in [-0.2, 0) is 0 Å². The van der Waals surface area contributed by atoms with Gasteiger partial charge in [-0.1, -0.05) is 15.9 Å². The van der Waals surface area contributed by atoms with E-state index >= 15 is 0 Å². The third-order valence-corrected chi connectivity index (χ3v) is 3.88. The van der Waals surface area contributed by atoms with Gasteiger partial charge in [0.2, 0.25) is 0 Å². The number of halogens is 3. The first-order valence-electron chi connectivity index (χ1n) is 5.08. The molecule has 1 heterocycles. The zero-order chi connectivity index (χ0) is 14.0. The number of carbonyl (C=O) groups is 1. The SMILES string of the molecule is O=C(O)c1cc(Br)cnc1Nc1cc(Br)ccc1Br. The molecule has 0 aliphatic heterocycles. The normalized spacial score (nSPS) is 10.3. The number of hydrogen-bond acceptors (Lipinski definition) is 3. The molecule has 4 nitrogen and oxygen atoms in total. The van der Waals surface area contributed by atoms with Crippen molar-refractivity contribution >= 4 is 65.3 Å². The van der Waals surface area contributed by atoms with Crippen LogP contribution in [0.25, 0.3) is 0 Å². The molecule has 0 amide bonds. The predicted molar refractivity (Wildman–Crippen MR) is 84.0 cm³/mol. The standard InChI is InChI=1S/C12H7Br3N2O2/c13-6-1-2-9(15)10(4-6)17-11-8(12(18)19)3-7(14)5-16-11/h1-5H,(H,16,17)(H,18,19). The van der Waals surface area contributed by atoms with Crippen LogP contribution in [0.1, 0.15) is 10.4 Å². The number of benzene rings is 1. The summed E-state index contributed by atoms with van der Waals surface area (Å²) in [7, 11) is 0. The van der Waals surface area contributed by atoms with Crippen LogP contribution in [0, 0.1) is 0 Å². The summed E-state index contributed by atoms with van der Waals surface area (Å²) in [5.41, 5.74) is 0.827. The van der Waals surface area contributed by atoms with Gasteiger partial charge < -0.3 is 10.4 Å². The molecule has 0 saturated heterocycles. The molecular formula is C12H7Br3N2O2. The van der Waals surface area contributed by atoms with E-state index in [-0.39, 0.29) is 11.4 Å². The molecule has 2 N–H and O–H groups in total. The lowest BCUT2D eigenvalue weighted by molar-refractivity contribution is 0.0697. The Morgan fingerprint density at radius 3 is 2.58 bits per heavy atom. The van der Waals surface area contributed by atoms with E-state index in [1.165, 1.54) is 6.07 Å². The molecule has 0 unspecified atom stereocenters. The van der Waals surface area contributed by atoms with Crippen molar-refractivity contribution < 1.29 is 9.90 Å². The van der Waals surface area contributed by atoms with Gasteiger partial charge in [0.05, 0.1) is 5.69 Å². The van der Waals surface area contributed by atoms with Gasteiger partial charge in [0.15, 0.2) is 0 Å². The van der Waals surface area contributed by atoms with Crippen molar-refractivity contribution in [2.75, 3.05) is 5.32 Å². The number of aromatic nitrogens is 1. The van der Waals surface area contributed by atoms with E-state index < -0.39 is 5.97 Å². The molecule has 0 fully saturated rings. The van der Waals surface area contributed by atoms with E-state index in [2.05, 4.69) is 58.1 Å². The Morgan fingerprint density at radius 2 is 1.89 bits per heavy atom. The average Bonchev–Trinajstić information content (AvgIpc) is 2.35. The van der Waals surface area contributed by atoms with Gasteiger partial charge >= 0.3 is 5.97 Å². The molecule has 19 heavy (non-hydrogen) atoms. The van der Waals surface area contributed by atoms with Gasteiger partial charge in [0.1, 0.15) is 11.4 Å². The average molecular weight is 451 g/mol. The third kappa shape index (κ3) is 3.55. The Balaban J connectivity index is 2.43. The topological polar surface area (TPSA) is 62.2 Å². The van der Waals surface area contributed by atoms with Crippen molar-refractivity contribution in [3.8, 4) is 0 Å². The Hall–Kier alpha value is -0.920. The summed E-state index contributed by atoms with van der Waals surface area (Å²) in [6, 6.07) is 7.07. The molecule has 2 rings (SSSR count). The number of carboxylic acids is 1. The lowest BCUT2D eigenvalue weighted by Gasteiger charge is -2.11. The summed E-state index contributed by atoms with van der Waals surface area (Å²) in [4.78, 5) is 15.3. The highest BCUT2D eigenvalue weighted by atomic mass is 79.9. The lowest BCUT2D eigenvalue weighted by atomic mass is 10.2. The van der Waals surface area contributed by atoms with Crippen molar-refractivity contribution in [3.63, 3.8) is 0 Å². The highest BCUT2D eigenvalue weighted by Gasteiger charge is 2.13. The minimum absolute atomic E-state index is 0.0984. The first kappa shape index (κ1) is 14.5. The fourth-order valence-corrected chi connectivity index (χ4v) is 2.46. The maximum Gasteiger partial charge on any atom is 0.339 e. The van der Waals surface area contributed by atoms with Gasteiger partial charge in [-0.3, -0.25) is 0 Å². The van der Waals surface area contributed by atoms with Gasteiger partial charge in [-0.15, -0.1) is 0 Å². The van der Waals surface area contributed by atoms with Crippen LogP contribution in [-0.4, -0.2) is 16.1 Å². The zero-order valence-electron chi connectivity index (χ0n) is 9.32. The summed E-state index contributed by atoms with van der Waals surface area (Å²) in [6.45, 7) is 0.